The van der Waals surface area contributed by atoms with Gasteiger partial charge in [0, 0.05) is 25.0 Å². The molecule has 0 aliphatic heterocycles. The van der Waals surface area contributed by atoms with Crippen LogP contribution in [-0.4, -0.2) is 23.4 Å². The van der Waals surface area contributed by atoms with Crippen molar-refractivity contribution in [3.05, 3.63) is 28.1 Å². The summed E-state index contributed by atoms with van der Waals surface area (Å²) in [6.45, 7) is 6.00. The van der Waals surface area contributed by atoms with E-state index in [9.17, 15) is 0 Å². The molecule has 0 bridgehead atoms. The number of anilines is 2. The quantitative estimate of drug-likeness (QED) is 0.883. The Hall–Kier alpha value is -1.49. The number of rotatable bonds is 6. The van der Waals surface area contributed by atoms with E-state index in [4.69, 9.17) is 5.73 Å². The van der Waals surface area contributed by atoms with Gasteiger partial charge in [0.15, 0.2) is 0 Å². The van der Waals surface area contributed by atoms with Crippen molar-refractivity contribution in [2.24, 2.45) is 0 Å². The fourth-order valence-electron chi connectivity index (χ4n) is 2.19. The number of nitrogens with two attached hydrogens (primary N) is 1. The summed E-state index contributed by atoms with van der Waals surface area (Å²) in [5, 5.41) is 6.64. The Kier molecular flexibility index (Phi) is 4.47. The third kappa shape index (κ3) is 3.10. The van der Waals surface area contributed by atoms with Gasteiger partial charge in [-0.25, -0.2) is 4.68 Å². The second-order valence-electron chi connectivity index (χ2n) is 4.80. The zero-order valence-corrected chi connectivity index (χ0v) is 12.7. The first kappa shape index (κ1) is 13.9. The third-order valence-electron chi connectivity index (χ3n) is 3.22. The Bertz CT molecular complexity index is 516. The smallest absolute Gasteiger partial charge is 0.150 e. The van der Waals surface area contributed by atoms with Crippen molar-refractivity contribution in [2.45, 2.75) is 33.2 Å². The number of aryl methyl sites for hydroxylation is 2. The van der Waals surface area contributed by atoms with E-state index in [1.165, 1.54) is 4.88 Å². The maximum absolute atomic E-state index is 6.16. The van der Waals surface area contributed by atoms with Crippen molar-refractivity contribution >= 4 is 22.8 Å². The molecule has 0 atom stereocenters. The molecule has 0 unspecified atom stereocenters. The van der Waals surface area contributed by atoms with Crippen LogP contribution in [0.15, 0.2) is 17.5 Å². The summed E-state index contributed by atoms with van der Waals surface area (Å²) in [7, 11) is 2.09. The van der Waals surface area contributed by atoms with Gasteiger partial charge in [0.25, 0.3) is 0 Å². The minimum absolute atomic E-state index is 0.808. The summed E-state index contributed by atoms with van der Waals surface area (Å²) < 4.78 is 2.03. The van der Waals surface area contributed by atoms with Gasteiger partial charge < -0.3 is 10.6 Å². The Morgan fingerprint density at radius 2 is 2.26 bits per heavy atom. The molecule has 2 rings (SSSR count). The lowest BCUT2D eigenvalue weighted by atomic mass is 10.3. The van der Waals surface area contributed by atoms with Gasteiger partial charge in [-0.1, -0.05) is 13.0 Å². The zero-order valence-electron chi connectivity index (χ0n) is 11.9. The molecule has 4 nitrogen and oxygen atoms in total. The Balaban J connectivity index is 2.11. The van der Waals surface area contributed by atoms with Gasteiger partial charge >= 0.3 is 0 Å². The van der Waals surface area contributed by atoms with E-state index in [-0.39, 0.29) is 0 Å². The van der Waals surface area contributed by atoms with E-state index < -0.39 is 0 Å². The van der Waals surface area contributed by atoms with Gasteiger partial charge in [0.2, 0.25) is 0 Å². The van der Waals surface area contributed by atoms with Crippen LogP contribution in [-0.2, 0) is 13.0 Å². The molecule has 0 saturated carbocycles. The molecule has 0 spiro atoms. The van der Waals surface area contributed by atoms with E-state index >= 15 is 0 Å². The molecule has 0 saturated heterocycles. The molecule has 19 heavy (non-hydrogen) atoms. The van der Waals surface area contributed by atoms with Crippen LogP contribution in [0.3, 0.4) is 0 Å². The van der Waals surface area contributed by atoms with E-state index in [1.807, 2.05) is 11.6 Å². The summed E-state index contributed by atoms with van der Waals surface area (Å²) in [6, 6.07) is 4.27. The van der Waals surface area contributed by atoms with Crippen LogP contribution in [0.4, 0.5) is 11.5 Å². The number of hydrogen-bond acceptors (Lipinski definition) is 4. The summed E-state index contributed by atoms with van der Waals surface area (Å²) in [4.78, 5) is 3.62. The van der Waals surface area contributed by atoms with Gasteiger partial charge in [-0.15, -0.1) is 11.3 Å². The number of nitrogen functional groups attached to an aromatic ring is 1. The fourth-order valence-corrected chi connectivity index (χ4v) is 2.89. The fraction of sp³-hybridized carbons (Fsp3) is 0.500. The minimum Gasteiger partial charge on any atom is -0.394 e. The van der Waals surface area contributed by atoms with Crippen LogP contribution in [0.2, 0.25) is 0 Å². The van der Waals surface area contributed by atoms with Crippen molar-refractivity contribution in [3.63, 3.8) is 0 Å². The van der Waals surface area contributed by atoms with E-state index in [2.05, 4.69) is 41.5 Å². The largest absolute Gasteiger partial charge is 0.394 e. The summed E-state index contributed by atoms with van der Waals surface area (Å²) in [5.74, 6) is 1.05. The topological polar surface area (TPSA) is 47.1 Å². The molecule has 5 heteroatoms. The maximum Gasteiger partial charge on any atom is 0.150 e. The monoisotopic (exact) mass is 278 g/mol. The zero-order chi connectivity index (χ0) is 13.8. The Morgan fingerprint density at radius 3 is 2.89 bits per heavy atom. The van der Waals surface area contributed by atoms with Gasteiger partial charge in [-0.2, -0.15) is 5.10 Å². The Morgan fingerprint density at radius 1 is 1.47 bits per heavy atom. The van der Waals surface area contributed by atoms with Crippen LogP contribution < -0.4 is 10.6 Å². The molecule has 104 valence electrons. The van der Waals surface area contributed by atoms with Crippen LogP contribution in [0.1, 0.15) is 23.9 Å². The average Bonchev–Trinajstić information content (AvgIpc) is 2.97. The summed E-state index contributed by atoms with van der Waals surface area (Å²) in [6.07, 6.45) is 2.11. The standard InChI is InChI=1S/C14H22N4S/c1-4-8-18-14(13(15)11(2)16-18)17(3)9-7-12-6-5-10-19-12/h5-6,10H,4,7-9,15H2,1-3H3. The lowest BCUT2D eigenvalue weighted by molar-refractivity contribution is 0.591. The SMILES string of the molecule is CCCn1nc(C)c(N)c1N(C)CCc1cccs1. The molecule has 0 aliphatic carbocycles. The van der Waals surface area contributed by atoms with Gasteiger partial charge in [0.1, 0.15) is 5.82 Å². The van der Waals surface area contributed by atoms with Crippen LogP contribution in [0.25, 0.3) is 0 Å². The number of aromatic nitrogens is 2. The highest BCUT2D eigenvalue weighted by molar-refractivity contribution is 7.09. The maximum atomic E-state index is 6.16. The first-order valence-corrected chi connectivity index (χ1v) is 7.57. The highest BCUT2D eigenvalue weighted by atomic mass is 32.1. The highest BCUT2D eigenvalue weighted by Crippen LogP contribution is 2.26. The van der Waals surface area contributed by atoms with Gasteiger partial charge in [-0.3, -0.25) is 0 Å². The predicted octanol–water partition coefficient (Wildman–Crippen LogP) is 2.92. The molecular weight excluding hydrogens is 256 g/mol. The summed E-state index contributed by atoms with van der Waals surface area (Å²) in [5.41, 5.74) is 7.89. The lowest BCUT2D eigenvalue weighted by Crippen LogP contribution is -2.24. The molecule has 2 N–H and O–H groups in total. The van der Waals surface area contributed by atoms with Crippen molar-refractivity contribution in [1.82, 2.24) is 9.78 Å². The third-order valence-corrected chi connectivity index (χ3v) is 4.15. The molecule has 2 aromatic rings. The van der Waals surface area contributed by atoms with Crippen molar-refractivity contribution in [3.8, 4) is 0 Å². The second-order valence-corrected chi connectivity index (χ2v) is 5.83. The number of thiophene rings is 1. The molecule has 2 heterocycles. The number of likely N-dealkylation sites (N-methyl/N-ethyl adjacent to an activating group) is 1. The van der Waals surface area contributed by atoms with Crippen LogP contribution >= 0.6 is 11.3 Å². The molecular formula is C14H22N4S. The molecule has 0 radical (unpaired) electrons. The Labute approximate surface area is 118 Å². The van der Waals surface area contributed by atoms with Crippen molar-refractivity contribution < 1.29 is 0 Å². The van der Waals surface area contributed by atoms with Crippen LogP contribution in [0.5, 0.6) is 0 Å². The molecule has 2 aromatic heterocycles. The first-order chi connectivity index (χ1) is 9.13. The summed E-state index contributed by atoms with van der Waals surface area (Å²) >= 11 is 1.80. The van der Waals surface area contributed by atoms with Gasteiger partial charge in [-0.05, 0) is 31.2 Å². The highest BCUT2D eigenvalue weighted by Gasteiger charge is 2.15. The normalized spacial score (nSPS) is 10.9. The number of nitrogens with zero attached hydrogens (tertiary/aromatic N) is 3. The van der Waals surface area contributed by atoms with E-state index in [1.54, 1.807) is 11.3 Å². The molecule has 0 amide bonds. The predicted molar refractivity (Wildman–Crippen MR) is 83.0 cm³/mol. The van der Waals surface area contributed by atoms with E-state index in [0.717, 1.165) is 43.1 Å². The number of hydrogen-bond donors (Lipinski definition) is 1. The van der Waals surface area contributed by atoms with Crippen molar-refractivity contribution in [1.29, 1.82) is 0 Å². The second kappa shape index (κ2) is 6.10. The van der Waals surface area contributed by atoms with E-state index in [0.29, 0.717) is 0 Å². The molecule has 0 aromatic carbocycles. The average molecular weight is 278 g/mol. The van der Waals surface area contributed by atoms with Crippen molar-refractivity contribution in [2.75, 3.05) is 24.2 Å². The molecule has 0 aliphatic rings. The molecule has 0 fully saturated rings. The lowest BCUT2D eigenvalue weighted by Gasteiger charge is -2.20. The van der Waals surface area contributed by atoms with Crippen LogP contribution in [0, 0.1) is 6.92 Å². The van der Waals surface area contributed by atoms with Gasteiger partial charge in [0.05, 0.1) is 11.4 Å². The minimum atomic E-state index is 0.808. The first-order valence-electron chi connectivity index (χ1n) is 6.69.